The van der Waals surface area contributed by atoms with E-state index in [-0.39, 0.29) is 12.4 Å². The summed E-state index contributed by atoms with van der Waals surface area (Å²) < 4.78 is 19.8. The summed E-state index contributed by atoms with van der Waals surface area (Å²) in [5.41, 5.74) is 6.33. The Labute approximate surface area is 118 Å². The summed E-state index contributed by atoms with van der Waals surface area (Å²) in [7, 11) is 0. The van der Waals surface area contributed by atoms with Crippen LogP contribution in [0.4, 0.5) is 4.39 Å². The molecular formula is C14H12BrFN2O. The lowest BCUT2D eigenvalue weighted by molar-refractivity contribution is 0.303. The number of rotatable bonds is 4. The zero-order valence-corrected chi connectivity index (χ0v) is 11.6. The largest absolute Gasteiger partial charge is 0.488 e. The molecule has 0 unspecified atom stereocenters. The van der Waals surface area contributed by atoms with Crippen molar-refractivity contribution in [2.24, 2.45) is 5.73 Å². The Kier molecular flexibility index (Phi) is 4.16. The van der Waals surface area contributed by atoms with Crippen LogP contribution in [-0.2, 0) is 6.61 Å². The van der Waals surface area contributed by atoms with Gasteiger partial charge in [0, 0.05) is 5.56 Å². The van der Waals surface area contributed by atoms with Crippen LogP contribution in [0.5, 0.6) is 5.75 Å². The van der Waals surface area contributed by atoms with Gasteiger partial charge in [0.15, 0.2) is 0 Å². The fraction of sp³-hybridized carbons (Fsp3) is 0.0714. The van der Waals surface area contributed by atoms with E-state index in [4.69, 9.17) is 15.9 Å². The Morgan fingerprint density at radius 3 is 2.68 bits per heavy atom. The van der Waals surface area contributed by atoms with E-state index in [0.717, 1.165) is 4.47 Å². The van der Waals surface area contributed by atoms with Crippen LogP contribution in [0.15, 0.2) is 46.9 Å². The minimum Gasteiger partial charge on any atom is -0.488 e. The van der Waals surface area contributed by atoms with Crippen molar-refractivity contribution in [3.05, 3.63) is 63.9 Å². The highest BCUT2D eigenvalue weighted by molar-refractivity contribution is 9.10. The van der Waals surface area contributed by atoms with Crippen LogP contribution in [0, 0.1) is 11.2 Å². The van der Waals surface area contributed by atoms with Gasteiger partial charge in [0.05, 0.1) is 4.47 Å². The first-order valence-corrected chi connectivity index (χ1v) is 6.37. The van der Waals surface area contributed by atoms with Crippen molar-refractivity contribution in [3.8, 4) is 5.75 Å². The Morgan fingerprint density at radius 2 is 2.00 bits per heavy atom. The van der Waals surface area contributed by atoms with Gasteiger partial charge in [-0.2, -0.15) is 0 Å². The minimum atomic E-state index is -0.432. The highest BCUT2D eigenvalue weighted by atomic mass is 79.9. The SMILES string of the molecule is N=C(N)c1cc(F)cc(COc2ccccc2Br)c1. The molecule has 0 heterocycles. The lowest BCUT2D eigenvalue weighted by Crippen LogP contribution is -2.12. The number of benzene rings is 2. The molecule has 0 aromatic heterocycles. The van der Waals surface area contributed by atoms with Gasteiger partial charge >= 0.3 is 0 Å². The fourth-order valence-electron chi connectivity index (χ4n) is 1.61. The Balaban J connectivity index is 2.16. The molecule has 0 fully saturated rings. The molecule has 19 heavy (non-hydrogen) atoms. The van der Waals surface area contributed by atoms with Crippen LogP contribution in [0.1, 0.15) is 11.1 Å². The van der Waals surface area contributed by atoms with E-state index in [1.807, 2.05) is 24.3 Å². The predicted molar refractivity (Wildman–Crippen MR) is 75.9 cm³/mol. The molecule has 0 saturated carbocycles. The molecule has 0 amide bonds. The third kappa shape index (κ3) is 3.54. The van der Waals surface area contributed by atoms with Crippen molar-refractivity contribution >= 4 is 21.8 Å². The van der Waals surface area contributed by atoms with Crippen LogP contribution in [0.3, 0.4) is 0 Å². The van der Waals surface area contributed by atoms with Gasteiger partial charge in [0.1, 0.15) is 24.0 Å². The smallest absolute Gasteiger partial charge is 0.133 e. The quantitative estimate of drug-likeness (QED) is 0.669. The highest BCUT2D eigenvalue weighted by Gasteiger charge is 2.05. The van der Waals surface area contributed by atoms with Gasteiger partial charge in [0.25, 0.3) is 0 Å². The van der Waals surface area contributed by atoms with Gasteiger partial charge < -0.3 is 10.5 Å². The Hall–Kier alpha value is -1.88. The van der Waals surface area contributed by atoms with Gasteiger partial charge in [-0.1, -0.05) is 12.1 Å². The van der Waals surface area contributed by atoms with Gasteiger partial charge in [-0.3, -0.25) is 5.41 Å². The molecule has 0 bridgehead atoms. The summed E-state index contributed by atoms with van der Waals surface area (Å²) >= 11 is 3.37. The molecule has 0 radical (unpaired) electrons. The second-order valence-electron chi connectivity index (χ2n) is 3.98. The summed E-state index contributed by atoms with van der Waals surface area (Å²) in [6.45, 7) is 0.209. The summed E-state index contributed by atoms with van der Waals surface area (Å²) in [5, 5.41) is 7.32. The van der Waals surface area contributed by atoms with E-state index in [0.29, 0.717) is 16.9 Å². The number of amidine groups is 1. The molecule has 0 aliphatic carbocycles. The third-order valence-corrected chi connectivity index (χ3v) is 3.15. The van der Waals surface area contributed by atoms with Crippen LogP contribution < -0.4 is 10.5 Å². The number of hydrogen-bond donors (Lipinski definition) is 2. The molecule has 2 aromatic rings. The maximum Gasteiger partial charge on any atom is 0.133 e. The number of nitrogen functional groups attached to an aromatic ring is 1. The average molecular weight is 323 g/mol. The summed E-state index contributed by atoms with van der Waals surface area (Å²) in [5.74, 6) is 0.0798. The maximum atomic E-state index is 13.4. The van der Waals surface area contributed by atoms with Crippen LogP contribution in [0.2, 0.25) is 0 Å². The van der Waals surface area contributed by atoms with Gasteiger partial charge in [-0.15, -0.1) is 0 Å². The van der Waals surface area contributed by atoms with E-state index in [2.05, 4.69) is 15.9 Å². The molecule has 3 nitrogen and oxygen atoms in total. The van der Waals surface area contributed by atoms with E-state index in [1.165, 1.54) is 12.1 Å². The number of ether oxygens (including phenoxy) is 1. The molecule has 0 aliphatic heterocycles. The van der Waals surface area contributed by atoms with E-state index < -0.39 is 5.82 Å². The second kappa shape index (κ2) is 5.84. The van der Waals surface area contributed by atoms with Gasteiger partial charge in [-0.05, 0) is 51.8 Å². The summed E-state index contributed by atoms with van der Waals surface area (Å²) in [4.78, 5) is 0. The zero-order valence-electron chi connectivity index (χ0n) is 9.99. The van der Waals surface area contributed by atoms with Gasteiger partial charge in [-0.25, -0.2) is 4.39 Å². The molecule has 0 aliphatic rings. The normalized spacial score (nSPS) is 10.2. The maximum absolute atomic E-state index is 13.4. The molecule has 0 saturated heterocycles. The molecular weight excluding hydrogens is 311 g/mol. The van der Waals surface area contributed by atoms with Crippen LogP contribution in [0.25, 0.3) is 0 Å². The lowest BCUT2D eigenvalue weighted by atomic mass is 10.1. The third-order valence-electron chi connectivity index (χ3n) is 2.50. The lowest BCUT2D eigenvalue weighted by Gasteiger charge is -2.09. The van der Waals surface area contributed by atoms with Crippen LogP contribution >= 0.6 is 15.9 Å². The molecule has 0 atom stereocenters. The molecule has 2 rings (SSSR count). The molecule has 2 aromatic carbocycles. The minimum absolute atomic E-state index is 0.165. The van der Waals surface area contributed by atoms with E-state index in [9.17, 15) is 4.39 Å². The highest BCUT2D eigenvalue weighted by Crippen LogP contribution is 2.24. The number of para-hydroxylation sites is 1. The molecule has 5 heteroatoms. The molecule has 3 N–H and O–H groups in total. The van der Waals surface area contributed by atoms with Crippen molar-refractivity contribution in [2.45, 2.75) is 6.61 Å². The van der Waals surface area contributed by atoms with Crippen molar-refractivity contribution in [3.63, 3.8) is 0 Å². The standard InChI is InChI=1S/C14H12BrFN2O/c15-12-3-1-2-4-13(12)19-8-9-5-10(14(17)18)7-11(16)6-9/h1-7H,8H2,(H3,17,18). The first-order valence-electron chi connectivity index (χ1n) is 5.57. The Morgan fingerprint density at radius 1 is 1.26 bits per heavy atom. The number of halogens is 2. The zero-order chi connectivity index (χ0) is 13.8. The first kappa shape index (κ1) is 13.5. The number of nitrogens with one attached hydrogen (secondary N) is 1. The average Bonchev–Trinajstić information content (AvgIpc) is 2.37. The monoisotopic (exact) mass is 322 g/mol. The second-order valence-corrected chi connectivity index (χ2v) is 4.84. The van der Waals surface area contributed by atoms with E-state index in [1.54, 1.807) is 6.07 Å². The summed E-state index contributed by atoms with van der Waals surface area (Å²) in [6.07, 6.45) is 0. The van der Waals surface area contributed by atoms with E-state index >= 15 is 0 Å². The van der Waals surface area contributed by atoms with Crippen molar-refractivity contribution in [1.82, 2.24) is 0 Å². The van der Waals surface area contributed by atoms with Crippen molar-refractivity contribution in [2.75, 3.05) is 0 Å². The van der Waals surface area contributed by atoms with Crippen molar-refractivity contribution < 1.29 is 9.13 Å². The van der Waals surface area contributed by atoms with Crippen molar-refractivity contribution in [1.29, 1.82) is 5.41 Å². The topological polar surface area (TPSA) is 59.1 Å². The number of hydrogen-bond acceptors (Lipinski definition) is 2. The first-order chi connectivity index (χ1) is 9.06. The predicted octanol–water partition coefficient (Wildman–Crippen LogP) is 3.45. The fourth-order valence-corrected chi connectivity index (χ4v) is 2.01. The number of nitrogens with two attached hydrogens (primary N) is 1. The summed E-state index contributed by atoms with van der Waals surface area (Å²) in [6, 6.07) is 11.6. The molecule has 98 valence electrons. The van der Waals surface area contributed by atoms with Crippen LogP contribution in [-0.4, -0.2) is 5.84 Å². The Bertz CT molecular complexity index is 616. The van der Waals surface area contributed by atoms with Gasteiger partial charge in [0.2, 0.25) is 0 Å². The molecule has 0 spiro atoms.